The zero-order valence-electron chi connectivity index (χ0n) is 15.6. The van der Waals surface area contributed by atoms with Crippen molar-refractivity contribution in [2.75, 3.05) is 6.16 Å². The Morgan fingerprint density at radius 1 is 0.536 bits per heavy atom. The maximum absolute atomic E-state index is 3.63. The van der Waals surface area contributed by atoms with Gasteiger partial charge < -0.3 is 0 Å². The molecule has 0 amide bonds. The van der Waals surface area contributed by atoms with Gasteiger partial charge in [-0.05, 0) is 58.8 Å². The highest BCUT2D eigenvalue weighted by Gasteiger charge is 2.17. The number of halogens is 1. The predicted octanol–water partition coefficient (Wildman–Crippen LogP) is 8.22. The molecular weight excluding hydrogens is 423 g/mol. The topological polar surface area (TPSA) is 0 Å². The molecule has 0 spiro atoms. The van der Waals surface area contributed by atoms with E-state index in [0.717, 1.165) is 19.9 Å². The molecule has 4 aromatic carbocycles. The summed E-state index contributed by atoms with van der Waals surface area (Å²) in [7, 11) is 0.783. The van der Waals surface area contributed by atoms with Gasteiger partial charge in [0.25, 0.3) is 0 Å². The third-order valence-corrected chi connectivity index (χ3v) is 6.62. The van der Waals surface area contributed by atoms with Crippen molar-refractivity contribution in [3.8, 4) is 33.4 Å². The number of rotatable bonds is 6. The summed E-state index contributed by atoms with van der Waals surface area (Å²) in [6, 6.07) is 37.0. The van der Waals surface area contributed by atoms with Crippen molar-refractivity contribution in [1.29, 1.82) is 0 Å². The second kappa shape index (κ2) is 9.32. The van der Waals surface area contributed by atoms with Crippen LogP contribution in [0.15, 0.2) is 103 Å². The van der Waals surface area contributed by atoms with Crippen LogP contribution in [0.5, 0.6) is 0 Å². The van der Waals surface area contributed by atoms with E-state index in [1.807, 2.05) is 0 Å². The molecule has 0 heterocycles. The van der Waals surface area contributed by atoms with E-state index in [9.17, 15) is 0 Å². The molecule has 1 atom stereocenters. The number of benzene rings is 4. The Kier molecular flexibility index (Phi) is 6.37. The SMILES string of the molecule is BrPCCc1ccc(-c2ccccc2)c(-c2ccccc2)c1-c1ccccc1. The van der Waals surface area contributed by atoms with Crippen LogP contribution in [0.3, 0.4) is 0 Å². The van der Waals surface area contributed by atoms with E-state index >= 15 is 0 Å². The zero-order chi connectivity index (χ0) is 19.2. The fraction of sp³-hybridized carbons (Fsp3) is 0.0769. The molecule has 138 valence electrons. The molecule has 0 saturated heterocycles. The average Bonchev–Trinajstić information content (AvgIpc) is 2.79. The summed E-state index contributed by atoms with van der Waals surface area (Å²) in [5.74, 6) is 0. The van der Waals surface area contributed by atoms with Gasteiger partial charge in [-0.25, -0.2) is 0 Å². The Morgan fingerprint density at radius 3 is 1.57 bits per heavy atom. The Hall–Kier alpha value is -2.21. The van der Waals surface area contributed by atoms with Gasteiger partial charge in [0, 0.05) is 0 Å². The number of aryl methyl sites for hydroxylation is 1. The van der Waals surface area contributed by atoms with Crippen molar-refractivity contribution in [3.63, 3.8) is 0 Å². The molecule has 0 aromatic heterocycles. The van der Waals surface area contributed by atoms with Crippen LogP contribution in [0, 0.1) is 0 Å². The maximum Gasteiger partial charge on any atom is -0.00240 e. The van der Waals surface area contributed by atoms with E-state index in [-0.39, 0.29) is 0 Å². The quantitative estimate of drug-likeness (QED) is 0.262. The van der Waals surface area contributed by atoms with Crippen molar-refractivity contribution in [3.05, 3.63) is 109 Å². The second-order valence-electron chi connectivity index (χ2n) is 6.75. The van der Waals surface area contributed by atoms with Gasteiger partial charge in [0.1, 0.15) is 0 Å². The molecule has 0 nitrogen and oxygen atoms in total. The van der Waals surface area contributed by atoms with E-state index in [1.54, 1.807) is 0 Å². The Bertz CT molecular complexity index is 1030. The highest BCUT2D eigenvalue weighted by atomic mass is 79.9. The van der Waals surface area contributed by atoms with Crippen LogP contribution in [0.1, 0.15) is 5.56 Å². The van der Waals surface area contributed by atoms with Crippen LogP contribution in [0.4, 0.5) is 0 Å². The largest absolute Gasteiger partial charge is 0.0642 e. The Balaban J connectivity index is 2.04. The normalized spacial score (nSPS) is 11.2. The van der Waals surface area contributed by atoms with Crippen LogP contribution >= 0.6 is 22.8 Å². The molecule has 0 saturated carbocycles. The molecular formula is C26H22BrP. The number of hydrogen-bond acceptors (Lipinski definition) is 0. The lowest BCUT2D eigenvalue weighted by atomic mass is 9.84. The van der Waals surface area contributed by atoms with Crippen molar-refractivity contribution in [2.45, 2.75) is 6.42 Å². The first-order valence-corrected chi connectivity index (χ1v) is 13.0. The molecule has 0 radical (unpaired) electrons. The lowest BCUT2D eigenvalue weighted by Crippen LogP contribution is -1.98. The van der Waals surface area contributed by atoms with Crippen LogP contribution in [-0.4, -0.2) is 6.16 Å². The number of hydrogen-bond donors (Lipinski definition) is 0. The summed E-state index contributed by atoms with van der Waals surface area (Å²) in [6.07, 6.45) is 2.22. The third-order valence-electron chi connectivity index (χ3n) is 4.99. The first-order chi connectivity index (χ1) is 13.9. The van der Waals surface area contributed by atoms with Gasteiger partial charge in [-0.3, -0.25) is 0 Å². The van der Waals surface area contributed by atoms with E-state index < -0.39 is 0 Å². The van der Waals surface area contributed by atoms with Gasteiger partial charge in [0.2, 0.25) is 0 Å². The van der Waals surface area contributed by atoms with Crippen molar-refractivity contribution >= 4 is 22.8 Å². The molecule has 0 aliphatic heterocycles. The third kappa shape index (κ3) is 4.12. The summed E-state index contributed by atoms with van der Waals surface area (Å²) < 4.78 is 0. The minimum atomic E-state index is 0.783. The highest BCUT2D eigenvalue weighted by Crippen LogP contribution is 2.42. The fourth-order valence-electron chi connectivity index (χ4n) is 3.73. The molecule has 0 fully saturated rings. The minimum Gasteiger partial charge on any atom is -0.0642 e. The molecule has 4 rings (SSSR count). The Labute approximate surface area is 177 Å². The maximum atomic E-state index is 3.63. The Morgan fingerprint density at radius 2 is 1.04 bits per heavy atom. The molecule has 0 bridgehead atoms. The smallest absolute Gasteiger partial charge is 0.00240 e. The summed E-state index contributed by atoms with van der Waals surface area (Å²) in [5.41, 5.74) is 9.20. The second-order valence-corrected chi connectivity index (χ2v) is 9.20. The van der Waals surface area contributed by atoms with Gasteiger partial charge in [-0.15, -0.1) is 0 Å². The van der Waals surface area contributed by atoms with Crippen LogP contribution in [0.25, 0.3) is 33.4 Å². The van der Waals surface area contributed by atoms with Gasteiger partial charge in [0.15, 0.2) is 0 Å². The zero-order valence-corrected chi connectivity index (χ0v) is 18.2. The lowest BCUT2D eigenvalue weighted by molar-refractivity contribution is 1.16. The van der Waals surface area contributed by atoms with Gasteiger partial charge in [-0.2, -0.15) is 0 Å². The van der Waals surface area contributed by atoms with Crippen LogP contribution in [0.2, 0.25) is 0 Å². The lowest BCUT2D eigenvalue weighted by Gasteiger charge is -2.20. The highest BCUT2D eigenvalue weighted by molar-refractivity contribution is 9.36. The van der Waals surface area contributed by atoms with Crippen LogP contribution < -0.4 is 0 Å². The molecule has 0 aliphatic rings. The van der Waals surface area contributed by atoms with Gasteiger partial charge >= 0.3 is 0 Å². The molecule has 0 aliphatic carbocycles. The molecule has 28 heavy (non-hydrogen) atoms. The monoisotopic (exact) mass is 444 g/mol. The van der Waals surface area contributed by atoms with Gasteiger partial charge in [-0.1, -0.05) is 119 Å². The summed E-state index contributed by atoms with van der Waals surface area (Å²) in [6.45, 7) is 0. The first kappa shape index (κ1) is 19.1. The van der Waals surface area contributed by atoms with E-state index in [4.69, 9.17) is 0 Å². The van der Waals surface area contributed by atoms with Crippen LogP contribution in [-0.2, 0) is 6.42 Å². The van der Waals surface area contributed by atoms with E-state index in [2.05, 4.69) is 119 Å². The van der Waals surface area contributed by atoms with Crippen molar-refractivity contribution < 1.29 is 0 Å². The molecule has 1 unspecified atom stereocenters. The standard InChI is InChI=1S/C26H22BrP/c27-28-19-18-23-16-17-24(20-10-4-1-5-11-20)26(22-14-8-3-9-15-22)25(23)21-12-6-2-7-13-21/h1-17,28H,18-19H2. The van der Waals surface area contributed by atoms with E-state index in [1.165, 1.54) is 38.9 Å². The minimum absolute atomic E-state index is 0.783. The van der Waals surface area contributed by atoms with Gasteiger partial charge in [0.05, 0.1) is 0 Å². The van der Waals surface area contributed by atoms with Crippen molar-refractivity contribution in [2.24, 2.45) is 0 Å². The first-order valence-electron chi connectivity index (χ1n) is 9.54. The summed E-state index contributed by atoms with van der Waals surface area (Å²) in [4.78, 5) is 0. The van der Waals surface area contributed by atoms with E-state index in [0.29, 0.717) is 0 Å². The average molecular weight is 445 g/mol. The molecule has 2 heteroatoms. The summed E-state index contributed by atoms with van der Waals surface area (Å²) >= 11 is 3.63. The molecule has 0 N–H and O–H groups in total. The molecule has 4 aromatic rings. The van der Waals surface area contributed by atoms with Crippen molar-refractivity contribution in [1.82, 2.24) is 0 Å². The summed E-state index contributed by atoms with van der Waals surface area (Å²) in [5, 5.41) is 0. The predicted molar refractivity (Wildman–Crippen MR) is 129 cm³/mol. The fourth-order valence-corrected chi connectivity index (χ4v) is 4.69.